The van der Waals surface area contributed by atoms with E-state index in [1.807, 2.05) is 25.1 Å². The molecule has 1 aliphatic heterocycles. The summed E-state index contributed by atoms with van der Waals surface area (Å²) >= 11 is 4.00. The molecule has 0 unspecified atom stereocenters. The fourth-order valence-corrected chi connectivity index (χ4v) is 5.29. The molecule has 1 saturated heterocycles. The number of carbonyl (C=O) groups is 1. The molecule has 14 nitrogen and oxygen atoms in total. The van der Waals surface area contributed by atoms with Crippen molar-refractivity contribution in [2.75, 3.05) is 39.4 Å². The van der Waals surface area contributed by atoms with Gasteiger partial charge < -0.3 is 29.5 Å². The molecule has 2 aromatic heterocycles. The first-order chi connectivity index (χ1) is 20.5. The quantitative estimate of drug-likeness (QED) is 0.157. The normalized spacial score (nSPS) is 18.8. The van der Waals surface area contributed by atoms with Crippen LogP contribution in [0.1, 0.15) is 37.7 Å². The molecule has 1 aromatic carbocycles. The number of rotatable bonds is 14. The standard InChI is InChI=1S/C27H34I2N6O8/c1-4-34(8-7-30-25(38)20-13-31-19-11-16(28)5-6-18(19)32-20)9-10-40-27(2,3)42-21-12-23(41-22(21)15-36)43-35-14-17(29)24(37)33-26(35)39/h5-6,11,13-14,21-23,36H,4,7-10,12,15H2,1-3H3,(H,30,38)(H,33,37,39)/t21-,22+,23-/m0/s1. The summed E-state index contributed by atoms with van der Waals surface area (Å²) in [5, 5.41) is 12.7. The number of hydrogen-bond donors (Lipinski definition) is 3. The summed E-state index contributed by atoms with van der Waals surface area (Å²) in [6.45, 7) is 7.98. The lowest BCUT2D eigenvalue weighted by Crippen LogP contribution is -2.41. The molecule has 1 fully saturated rings. The Hall–Kier alpha value is -2.23. The SMILES string of the molecule is CCN(CCNC(=O)c1cnc2cc(I)ccc2n1)CCOC(C)(C)O[C@H]1C[C@H](On2cc(I)c(=O)[nH]c2=O)O[C@@H]1CO. The van der Waals surface area contributed by atoms with Crippen LogP contribution in [0.5, 0.6) is 0 Å². The Labute approximate surface area is 274 Å². The van der Waals surface area contributed by atoms with E-state index in [1.54, 1.807) is 36.4 Å². The van der Waals surface area contributed by atoms with Crippen LogP contribution < -0.4 is 21.4 Å². The van der Waals surface area contributed by atoms with Crippen LogP contribution in [0.3, 0.4) is 0 Å². The fourth-order valence-electron chi connectivity index (χ4n) is 4.43. The molecule has 3 heterocycles. The van der Waals surface area contributed by atoms with Crippen molar-refractivity contribution in [1.29, 1.82) is 0 Å². The van der Waals surface area contributed by atoms with Gasteiger partial charge in [0.25, 0.3) is 11.5 Å². The van der Waals surface area contributed by atoms with E-state index in [9.17, 15) is 19.5 Å². The maximum atomic E-state index is 12.6. The molecule has 1 amide bonds. The molecule has 1 aliphatic rings. The molecule has 3 aromatic rings. The molecule has 0 saturated carbocycles. The number of fused-ring (bicyclic) bond motifs is 1. The summed E-state index contributed by atoms with van der Waals surface area (Å²) < 4.78 is 20.1. The average molecular weight is 824 g/mol. The first-order valence-electron chi connectivity index (χ1n) is 13.7. The Morgan fingerprint density at radius 2 is 2.07 bits per heavy atom. The van der Waals surface area contributed by atoms with Crippen molar-refractivity contribution in [3.63, 3.8) is 0 Å². The Balaban J connectivity index is 1.21. The molecule has 0 aliphatic carbocycles. The summed E-state index contributed by atoms with van der Waals surface area (Å²) in [5.74, 6) is -1.30. The molecule has 3 atom stereocenters. The maximum Gasteiger partial charge on any atom is 0.361 e. The lowest BCUT2D eigenvalue weighted by atomic mass is 10.2. The molecule has 0 spiro atoms. The molecule has 16 heteroatoms. The van der Waals surface area contributed by atoms with Crippen LogP contribution in [0, 0.1) is 7.14 Å². The summed E-state index contributed by atoms with van der Waals surface area (Å²) in [6.07, 6.45) is 0.827. The van der Waals surface area contributed by atoms with Crippen LogP contribution in [-0.2, 0) is 14.2 Å². The van der Waals surface area contributed by atoms with E-state index in [1.165, 1.54) is 12.4 Å². The molecular weight excluding hydrogens is 790 g/mol. The molecule has 4 rings (SSSR count). The van der Waals surface area contributed by atoms with Gasteiger partial charge in [0.15, 0.2) is 5.79 Å². The van der Waals surface area contributed by atoms with Crippen molar-refractivity contribution in [3.05, 3.63) is 64.3 Å². The van der Waals surface area contributed by atoms with Crippen LogP contribution in [0.25, 0.3) is 11.0 Å². The summed E-state index contributed by atoms with van der Waals surface area (Å²) in [7, 11) is 0. The fraction of sp³-hybridized carbons (Fsp3) is 0.519. The number of nitrogens with one attached hydrogen (secondary N) is 2. The minimum atomic E-state index is -1.01. The van der Waals surface area contributed by atoms with Crippen molar-refractivity contribution >= 4 is 62.1 Å². The van der Waals surface area contributed by atoms with E-state index >= 15 is 0 Å². The molecular formula is C27H34I2N6O8. The third kappa shape index (κ3) is 9.38. The Bertz CT molecular complexity index is 1530. The summed E-state index contributed by atoms with van der Waals surface area (Å²) in [4.78, 5) is 54.9. The number of aromatic nitrogens is 4. The number of H-pyrrole nitrogens is 1. The van der Waals surface area contributed by atoms with Crippen LogP contribution >= 0.6 is 45.2 Å². The van der Waals surface area contributed by atoms with Crippen molar-refractivity contribution in [2.24, 2.45) is 0 Å². The van der Waals surface area contributed by atoms with E-state index in [0.29, 0.717) is 31.8 Å². The smallest absolute Gasteiger partial charge is 0.361 e. The van der Waals surface area contributed by atoms with Gasteiger partial charge in [0, 0.05) is 29.6 Å². The van der Waals surface area contributed by atoms with Gasteiger partial charge in [0.2, 0.25) is 6.29 Å². The highest BCUT2D eigenvalue weighted by atomic mass is 127. The first kappa shape index (κ1) is 33.7. The number of benzene rings is 1. The van der Waals surface area contributed by atoms with Crippen molar-refractivity contribution in [2.45, 2.75) is 51.5 Å². The van der Waals surface area contributed by atoms with E-state index in [4.69, 9.17) is 19.0 Å². The Kier molecular flexibility index (Phi) is 11.9. The minimum Gasteiger partial charge on any atom is -0.394 e. The van der Waals surface area contributed by atoms with Gasteiger partial charge in [-0.25, -0.2) is 9.78 Å². The van der Waals surface area contributed by atoms with Gasteiger partial charge in [-0.3, -0.25) is 24.5 Å². The van der Waals surface area contributed by atoms with E-state index in [2.05, 4.69) is 47.8 Å². The van der Waals surface area contributed by atoms with Crippen LogP contribution in [0.4, 0.5) is 0 Å². The Morgan fingerprint density at radius 3 is 2.81 bits per heavy atom. The molecule has 234 valence electrons. The number of hydrogen-bond acceptors (Lipinski definition) is 11. The third-order valence-corrected chi connectivity index (χ3v) is 8.07. The predicted octanol–water partition coefficient (Wildman–Crippen LogP) is 1.11. The van der Waals surface area contributed by atoms with Crippen LogP contribution in [-0.4, -0.2) is 99.3 Å². The number of carbonyl (C=O) groups excluding carboxylic acids is 1. The number of amides is 1. The van der Waals surface area contributed by atoms with E-state index in [-0.39, 0.29) is 28.2 Å². The highest BCUT2D eigenvalue weighted by Crippen LogP contribution is 2.27. The summed E-state index contributed by atoms with van der Waals surface area (Å²) in [6, 6.07) is 5.68. The van der Waals surface area contributed by atoms with Crippen LogP contribution in [0.15, 0.2) is 40.2 Å². The van der Waals surface area contributed by atoms with Crippen LogP contribution in [0.2, 0.25) is 0 Å². The number of nitrogens with zero attached hydrogens (tertiary/aromatic N) is 4. The van der Waals surface area contributed by atoms with Gasteiger partial charge in [-0.1, -0.05) is 6.92 Å². The monoisotopic (exact) mass is 824 g/mol. The number of aliphatic hydroxyl groups excluding tert-OH is 1. The van der Waals surface area contributed by atoms with Gasteiger partial charge in [0.05, 0.1) is 46.3 Å². The van der Waals surface area contributed by atoms with Gasteiger partial charge in [-0.05, 0) is 83.8 Å². The van der Waals surface area contributed by atoms with Crippen molar-refractivity contribution in [1.82, 2.24) is 29.9 Å². The zero-order chi connectivity index (χ0) is 31.1. The van der Waals surface area contributed by atoms with E-state index in [0.717, 1.165) is 20.4 Å². The first-order valence-corrected chi connectivity index (χ1v) is 15.8. The predicted molar refractivity (Wildman–Crippen MR) is 173 cm³/mol. The lowest BCUT2D eigenvalue weighted by Gasteiger charge is -2.31. The van der Waals surface area contributed by atoms with Gasteiger partial charge in [0.1, 0.15) is 11.8 Å². The largest absolute Gasteiger partial charge is 0.394 e. The maximum absolute atomic E-state index is 12.6. The second-order valence-electron chi connectivity index (χ2n) is 10.2. The minimum absolute atomic E-state index is 0.224. The zero-order valence-corrected chi connectivity index (χ0v) is 28.2. The van der Waals surface area contributed by atoms with Gasteiger partial charge in [-0.15, -0.1) is 4.73 Å². The lowest BCUT2D eigenvalue weighted by molar-refractivity contribution is -0.246. The number of halogens is 2. The van der Waals surface area contributed by atoms with Gasteiger partial charge >= 0.3 is 5.69 Å². The number of aliphatic hydroxyl groups is 1. The summed E-state index contributed by atoms with van der Waals surface area (Å²) in [5.41, 5.74) is 0.430. The van der Waals surface area contributed by atoms with Crippen molar-refractivity contribution in [3.8, 4) is 0 Å². The zero-order valence-electron chi connectivity index (χ0n) is 23.9. The molecule has 43 heavy (non-hydrogen) atoms. The molecule has 3 N–H and O–H groups in total. The second kappa shape index (κ2) is 15.2. The third-order valence-electron chi connectivity index (χ3n) is 6.64. The number of likely N-dealkylation sites (N-methyl/N-ethyl adjacent to an activating group) is 1. The van der Waals surface area contributed by atoms with Gasteiger partial charge in [-0.2, -0.15) is 0 Å². The molecule has 0 radical (unpaired) electrons. The molecule has 0 bridgehead atoms. The number of aromatic amines is 1. The second-order valence-corrected chi connectivity index (χ2v) is 12.6. The topological polar surface area (TPSA) is 170 Å². The average Bonchev–Trinajstić information content (AvgIpc) is 3.34. The Morgan fingerprint density at radius 1 is 1.28 bits per heavy atom. The highest BCUT2D eigenvalue weighted by Gasteiger charge is 2.41. The van der Waals surface area contributed by atoms with E-state index < -0.39 is 35.5 Å². The number of ether oxygens (including phenoxy) is 3. The highest BCUT2D eigenvalue weighted by molar-refractivity contribution is 14.1. The van der Waals surface area contributed by atoms with Crippen molar-refractivity contribution < 1.29 is 28.9 Å².